The molecule has 0 radical (unpaired) electrons. The van der Waals surface area contributed by atoms with E-state index in [0.29, 0.717) is 12.5 Å². The Morgan fingerprint density at radius 3 is 2.41 bits per heavy atom. The lowest BCUT2D eigenvalue weighted by molar-refractivity contribution is -0.141. The maximum Gasteiger partial charge on any atom is 0.433 e. The molecule has 9 heteroatoms. The number of piperidine rings is 1. The highest BCUT2D eigenvalue weighted by molar-refractivity contribution is 5.41. The molecular formula is C18H23F3N6. The van der Waals surface area contributed by atoms with Crippen LogP contribution in [-0.4, -0.2) is 57.4 Å². The van der Waals surface area contributed by atoms with Crippen LogP contribution in [0.2, 0.25) is 0 Å². The van der Waals surface area contributed by atoms with Crippen LogP contribution in [0.3, 0.4) is 0 Å². The molecule has 4 heterocycles. The van der Waals surface area contributed by atoms with Crippen molar-refractivity contribution in [1.29, 1.82) is 0 Å². The number of alkyl halides is 3. The first-order valence-electron chi connectivity index (χ1n) is 9.27. The van der Waals surface area contributed by atoms with E-state index in [-0.39, 0.29) is 17.8 Å². The van der Waals surface area contributed by atoms with Gasteiger partial charge in [-0.15, -0.1) is 0 Å². The van der Waals surface area contributed by atoms with Gasteiger partial charge in [0.05, 0.1) is 6.20 Å². The summed E-state index contributed by atoms with van der Waals surface area (Å²) in [5.41, 5.74) is 0.118. The number of halogens is 3. The molecule has 2 aliphatic rings. The Hall–Kier alpha value is -2.16. The fraction of sp³-hybridized carbons (Fsp3) is 0.611. The summed E-state index contributed by atoms with van der Waals surface area (Å²) in [6.45, 7) is 4.65. The first-order chi connectivity index (χ1) is 12.8. The van der Waals surface area contributed by atoms with E-state index in [1.54, 1.807) is 11.1 Å². The molecule has 0 aliphatic carbocycles. The van der Waals surface area contributed by atoms with Crippen LogP contribution in [0.15, 0.2) is 18.5 Å². The molecule has 0 spiro atoms. The van der Waals surface area contributed by atoms with Crippen LogP contribution >= 0.6 is 0 Å². The molecule has 0 saturated carbocycles. The molecule has 27 heavy (non-hydrogen) atoms. The van der Waals surface area contributed by atoms with Gasteiger partial charge in [-0.2, -0.15) is 23.3 Å². The molecule has 0 unspecified atom stereocenters. The molecule has 2 aliphatic heterocycles. The van der Waals surface area contributed by atoms with Gasteiger partial charge in [-0.3, -0.25) is 0 Å². The average molecular weight is 380 g/mol. The van der Waals surface area contributed by atoms with Gasteiger partial charge < -0.3 is 9.80 Å². The van der Waals surface area contributed by atoms with Gasteiger partial charge in [0.1, 0.15) is 0 Å². The summed E-state index contributed by atoms with van der Waals surface area (Å²) >= 11 is 0. The van der Waals surface area contributed by atoms with Gasteiger partial charge in [-0.1, -0.05) is 0 Å². The largest absolute Gasteiger partial charge is 0.433 e. The summed E-state index contributed by atoms with van der Waals surface area (Å²) < 4.78 is 41.5. The van der Waals surface area contributed by atoms with E-state index in [9.17, 15) is 13.2 Å². The van der Waals surface area contributed by atoms with Gasteiger partial charge in [-0.25, -0.2) is 9.67 Å². The van der Waals surface area contributed by atoms with Crippen molar-refractivity contribution in [1.82, 2.24) is 24.6 Å². The zero-order chi connectivity index (χ0) is 19.2. The van der Waals surface area contributed by atoms with E-state index in [4.69, 9.17) is 0 Å². The van der Waals surface area contributed by atoms with E-state index in [1.807, 2.05) is 13.1 Å². The normalized spacial score (nSPS) is 22.1. The maximum atomic E-state index is 13.3. The van der Waals surface area contributed by atoms with Crippen molar-refractivity contribution in [3.63, 3.8) is 0 Å². The van der Waals surface area contributed by atoms with Crippen molar-refractivity contribution in [2.24, 2.45) is 0 Å². The third kappa shape index (κ3) is 3.65. The summed E-state index contributed by atoms with van der Waals surface area (Å²) in [4.78, 5) is 12.2. The second-order valence-corrected chi connectivity index (χ2v) is 7.54. The van der Waals surface area contributed by atoms with E-state index < -0.39 is 11.9 Å². The lowest BCUT2D eigenvalue weighted by Gasteiger charge is -2.38. The van der Waals surface area contributed by atoms with Crippen LogP contribution in [0.5, 0.6) is 0 Å². The van der Waals surface area contributed by atoms with Crippen LogP contribution in [0.25, 0.3) is 5.82 Å². The van der Waals surface area contributed by atoms with Crippen LogP contribution in [0, 0.1) is 0 Å². The molecule has 6 nitrogen and oxygen atoms in total. The monoisotopic (exact) mass is 380 g/mol. The Morgan fingerprint density at radius 2 is 1.81 bits per heavy atom. The number of hydrogen-bond acceptors (Lipinski definition) is 5. The fourth-order valence-corrected chi connectivity index (χ4v) is 3.64. The van der Waals surface area contributed by atoms with Crippen LogP contribution in [0.4, 0.5) is 19.1 Å². The molecule has 1 atom stereocenters. The first-order valence-corrected chi connectivity index (χ1v) is 9.27. The second kappa shape index (κ2) is 6.78. The van der Waals surface area contributed by atoms with Crippen LogP contribution in [0.1, 0.15) is 43.4 Å². The molecule has 0 N–H and O–H groups in total. The molecule has 0 aromatic carbocycles. The average Bonchev–Trinajstić information content (AvgIpc) is 3.10. The number of anilines is 1. The molecule has 0 bridgehead atoms. The molecule has 146 valence electrons. The first kappa shape index (κ1) is 18.2. The topological polar surface area (TPSA) is 50.1 Å². The van der Waals surface area contributed by atoms with Crippen LogP contribution < -0.4 is 4.90 Å². The van der Waals surface area contributed by atoms with Crippen molar-refractivity contribution < 1.29 is 13.2 Å². The smallest absolute Gasteiger partial charge is 0.338 e. The maximum absolute atomic E-state index is 13.3. The highest BCUT2D eigenvalue weighted by Gasteiger charge is 2.36. The molecule has 2 fully saturated rings. The van der Waals surface area contributed by atoms with E-state index in [2.05, 4.69) is 27.0 Å². The Kier molecular flexibility index (Phi) is 4.57. The Morgan fingerprint density at radius 1 is 1.07 bits per heavy atom. The predicted octanol–water partition coefficient (Wildman–Crippen LogP) is 3.09. The number of aromatic nitrogens is 4. The van der Waals surface area contributed by atoms with Crippen molar-refractivity contribution in [3.8, 4) is 5.82 Å². The highest BCUT2D eigenvalue weighted by atomic mass is 19.4. The predicted molar refractivity (Wildman–Crippen MR) is 95.1 cm³/mol. The number of nitrogens with zero attached hydrogens (tertiary/aromatic N) is 6. The fourth-order valence-electron chi connectivity index (χ4n) is 3.64. The zero-order valence-electron chi connectivity index (χ0n) is 15.4. The molecule has 2 aromatic heterocycles. The van der Waals surface area contributed by atoms with Crippen molar-refractivity contribution >= 4 is 5.95 Å². The van der Waals surface area contributed by atoms with Gasteiger partial charge in [0.2, 0.25) is 5.95 Å². The summed E-state index contributed by atoms with van der Waals surface area (Å²) in [6, 6.07) is 1.12. The van der Waals surface area contributed by atoms with Gasteiger partial charge >= 0.3 is 6.18 Å². The number of likely N-dealkylation sites (tertiary alicyclic amines) is 1. The van der Waals surface area contributed by atoms with E-state index in [0.717, 1.165) is 44.0 Å². The summed E-state index contributed by atoms with van der Waals surface area (Å²) in [5.74, 6) is 0.661. The summed E-state index contributed by atoms with van der Waals surface area (Å²) in [7, 11) is 2.09. The van der Waals surface area contributed by atoms with Gasteiger partial charge in [0, 0.05) is 24.8 Å². The highest BCUT2D eigenvalue weighted by Crippen LogP contribution is 2.32. The Labute approximate surface area is 156 Å². The second-order valence-electron chi connectivity index (χ2n) is 7.54. The molecule has 2 saturated heterocycles. The third-order valence-corrected chi connectivity index (χ3v) is 5.60. The molecule has 2 aromatic rings. The minimum Gasteiger partial charge on any atom is -0.338 e. The van der Waals surface area contributed by atoms with Crippen molar-refractivity contribution in [2.45, 2.75) is 44.3 Å². The van der Waals surface area contributed by atoms with Crippen molar-refractivity contribution in [2.75, 3.05) is 31.6 Å². The SMILES string of the molecule is C[C@H]1CCN1c1nc(-n2cc(C3CCN(C)CC3)cn2)cc(C(F)(F)F)n1. The van der Waals surface area contributed by atoms with E-state index >= 15 is 0 Å². The Balaban J connectivity index is 1.65. The molecular weight excluding hydrogens is 357 g/mol. The molecule has 0 amide bonds. The number of rotatable bonds is 3. The van der Waals surface area contributed by atoms with Gasteiger partial charge in [-0.05, 0) is 57.8 Å². The molecule has 4 rings (SSSR count). The third-order valence-electron chi connectivity index (χ3n) is 5.60. The summed E-state index contributed by atoms with van der Waals surface area (Å²) in [5, 5.41) is 4.29. The van der Waals surface area contributed by atoms with Crippen LogP contribution in [-0.2, 0) is 6.18 Å². The van der Waals surface area contributed by atoms with Gasteiger partial charge in [0.15, 0.2) is 11.5 Å². The minimum absolute atomic E-state index is 0.120. The van der Waals surface area contributed by atoms with E-state index in [1.165, 1.54) is 4.68 Å². The van der Waals surface area contributed by atoms with Crippen molar-refractivity contribution in [3.05, 3.63) is 29.7 Å². The Bertz CT molecular complexity index is 810. The van der Waals surface area contributed by atoms with Gasteiger partial charge in [0.25, 0.3) is 0 Å². The standard InChI is InChI=1S/C18H23F3N6/c1-12-3-8-26(12)17-23-15(18(19,20)21)9-16(24-17)27-11-14(10-22-27)13-4-6-25(2)7-5-13/h9-13H,3-8H2,1-2H3/t12-/m0/s1. The number of hydrogen-bond donors (Lipinski definition) is 0. The summed E-state index contributed by atoms with van der Waals surface area (Å²) in [6.07, 6.45) is 2.01. The lowest BCUT2D eigenvalue weighted by Crippen LogP contribution is -2.47. The lowest BCUT2D eigenvalue weighted by atomic mass is 9.92. The quantitative estimate of drug-likeness (QED) is 0.819. The zero-order valence-corrected chi connectivity index (χ0v) is 15.4. The minimum atomic E-state index is -4.52.